The van der Waals surface area contributed by atoms with Crippen molar-refractivity contribution in [2.24, 2.45) is 0 Å². The van der Waals surface area contributed by atoms with Gasteiger partial charge in [-0.05, 0) is 31.2 Å². The van der Waals surface area contributed by atoms with Crippen molar-refractivity contribution in [2.75, 3.05) is 24.0 Å². The van der Waals surface area contributed by atoms with Crippen molar-refractivity contribution < 1.29 is 14.3 Å². The minimum absolute atomic E-state index is 0.211. The molecule has 6 nitrogen and oxygen atoms in total. The molecule has 0 fully saturated rings. The summed E-state index contributed by atoms with van der Waals surface area (Å²) in [6, 6.07) is 8.78. The Bertz CT molecular complexity index is 656. The van der Waals surface area contributed by atoms with Crippen LogP contribution in [0.15, 0.2) is 36.5 Å². The molecule has 0 spiro atoms. The van der Waals surface area contributed by atoms with Gasteiger partial charge in [-0.1, -0.05) is 0 Å². The molecule has 21 heavy (non-hydrogen) atoms. The van der Waals surface area contributed by atoms with Crippen molar-refractivity contribution in [3.05, 3.63) is 42.1 Å². The van der Waals surface area contributed by atoms with Crippen molar-refractivity contribution in [2.45, 2.75) is 6.92 Å². The lowest BCUT2D eigenvalue weighted by Crippen LogP contribution is -2.12. The van der Waals surface area contributed by atoms with E-state index >= 15 is 0 Å². The second-order valence-electron chi connectivity index (χ2n) is 4.48. The number of nitrogens with one attached hydrogen (secondary N) is 2. The number of carbonyl (C=O) groups is 1. The minimum atomic E-state index is -0.218. The number of aromatic nitrogens is 1. The summed E-state index contributed by atoms with van der Waals surface area (Å²) in [6.45, 7) is 2.99. The molecule has 0 unspecified atom stereocenters. The van der Waals surface area contributed by atoms with E-state index in [1.807, 2.05) is 6.92 Å². The van der Waals surface area contributed by atoms with Crippen molar-refractivity contribution >= 4 is 17.4 Å². The number of benzene rings is 1. The third-order valence-electron chi connectivity index (χ3n) is 3.01. The molecule has 2 aromatic rings. The van der Waals surface area contributed by atoms with E-state index in [0.717, 1.165) is 12.4 Å². The van der Waals surface area contributed by atoms with E-state index in [4.69, 9.17) is 9.47 Å². The highest BCUT2D eigenvalue weighted by Gasteiger charge is 2.14. The first-order valence-corrected chi connectivity index (χ1v) is 6.67. The van der Waals surface area contributed by atoms with Gasteiger partial charge in [0.05, 0.1) is 5.56 Å². The Hall–Kier alpha value is -2.76. The molecule has 0 bridgehead atoms. The molecule has 2 heterocycles. The fourth-order valence-corrected chi connectivity index (χ4v) is 1.99. The second kappa shape index (κ2) is 5.70. The number of nitrogens with zero attached hydrogens (tertiary/aromatic N) is 1. The van der Waals surface area contributed by atoms with Gasteiger partial charge in [0.15, 0.2) is 11.5 Å². The third-order valence-corrected chi connectivity index (χ3v) is 3.01. The standard InChI is InChI=1S/C15H15N3O3/c1-2-16-14-6-3-10(8-17-14)15(19)18-11-4-5-12-13(7-11)21-9-20-12/h3-8H,2,9H2,1H3,(H,16,17)(H,18,19). The molecule has 3 rings (SSSR count). The fourth-order valence-electron chi connectivity index (χ4n) is 1.99. The SMILES string of the molecule is CCNc1ccc(C(=O)Nc2ccc3c(c2)OCO3)cn1. The van der Waals surface area contributed by atoms with E-state index in [2.05, 4.69) is 15.6 Å². The average molecular weight is 285 g/mol. The van der Waals surface area contributed by atoms with Gasteiger partial charge in [-0.25, -0.2) is 4.98 Å². The predicted molar refractivity (Wildman–Crippen MR) is 78.9 cm³/mol. The van der Waals surface area contributed by atoms with Crippen LogP contribution in [-0.4, -0.2) is 24.2 Å². The van der Waals surface area contributed by atoms with Crippen LogP contribution in [0.4, 0.5) is 11.5 Å². The Morgan fingerprint density at radius 3 is 2.86 bits per heavy atom. The van der Waals surface area contributed by atoms with Crippen LogP contribution in [-0.2, 0) is 0 Å². The summed E-state index contributed by atoms with van der Waals surface area (Å²) in [5.41, 5.74) is 1.15. The summed E-state index contributed by atoms with van der Waals surface area (Å²) in [5.74, 6) is 1.85. The summed E-state index contributed by atoms with van der Waals surface area (Å²) in [5, 5.41) is 5.88. The quantitative estimate of drug-likeness (QED) is 0.903. The lowest BCUT2D eigenvalue weighted by Gasteiger charge is -2.07. The number of pyridine rings is 1. The van der Waals surface area contributed by atoms with Gasteiger partial charge in [0.25, 0.3) is 5.91 Å². The second-order valence-corrected chi connectivity index (χ2v) is 4.48. The predicted octanol–water partition coefficient (Wildman–Crippen LogP) is 2.49. The van der Waals surface area contributed by atoms with Crippen molar-refractivity contribution in [1.82, 2.24) is 4.98 Å². The molecule has 1 aromatic heterocycles. The molecule has 0 atom stereocenters. The Balaban J connectivity index is 1.71. The number of carbonyl (C=O) groups excluding carboxylic acids is 1. The zero-order valence-electron chi connectivity index (χ0n) is 11.6. The lowest BCUT2D eigenvalue weighted by molar-refractivity contribution is 0.102. The van der Waals surface area contributed by atoms with Gasteiger partial charge < -0.3 is 20.1 Å². The zero-order chi connectivity index (χ0) is 14.7. The topological polar surface area (TPSA) is 72.5 Å². The largest absolute Gasteiger partial charge is 0.454 e. The maximum Gasteiger partial charge on any atom is 0.257 e. The summed E-state index contributed by atoms with van der Waals surface area (Å²) < 4.78 is 10.5. The Labute approximate surface area is 122 Å². The number of ether oxygens (including phenoxy) is 2. The Kier molecular flexibility index (Phi) is 3.59. The summed E-state index contributed by atoms with van der Waals surface area (Å²) in [6.07, 6.45) is 1.54. The number of rotatable bonds is 4. The number of hydrogen-bond acceptors (Lipinski definition) is 5. The monoisotopic (exact) mass is 285 g/mol. The Morgan fingerprint density at radius 2 is 2.10 bits per heavy atom. The summed E-state index contributed by atoms with van der Waals surface area (Å²) in [7, 11) is 0. The fraction of sp³-hybridized carbons (Fsp3) is 0.200. The van der Waals surface area contributed by atoms with Crippen LogP contribution in [0.3, 0.4) is 0 Å². The minimum Gasteiger partial charge on any atom is -0.454 e. The van der Waals surface area contributed by atoms with Gasteiger partial charge in [0, 0.05) is 24.5 Å². The molecular formula is C15H15N3O3. The molecule has 0 aliphatic carbocycles. The van der Waals surface area contributed by atoms with Gasteiger partial charge in [-0.3, -0.25) is 4.79 Å². The van der Waals surface area contributed by atoms with Crippen LogP contribution in [0, 0.1) is 0 Å². The van der Waals surface area contributed by atoms with Crippen molar-refractivity contribution in [1.29, 1.82) is 0 Å². The van der Waals surface area contributed by atoms with Crippen LogP contribution in [0.25, 0.3) is 0 Å². The van der Waals surface area contributed by atoms with Crippen LogP contribution in [0.1, 0.15) is 17.3 Å². The first-order chi connectivity index (χ1) is 10.3. The normalized spacial score (nSPS) is 12.0. The maximum absolute atomic E-state index is 12.1. The highest BCUT2D eigenvalue weighted by Crippen LogP contribution is 2.34. The van der Waals surface area contributed by atoms with Crippen LogP contribution in [0.2, 0.25) is 0 Å². The van der Waals surface area contributed by atoms with E-state index in [0.29, 0.717) is 22.7 Å². The molecule has 6 heteroatoms. The molecule has 0 saturated carbocycles. The van der Waals surface area contributed by atoms with Crippen LogP contribution in [0.5, 0.6) is 11.5 Å². The molecule has 2 N–H and O–H groups in total. The van der Waals surface area contributed by atoms with Crippen LogP contribution >= 0.6 is 0 Å². The molecule has 1 aliphatic heterocycles. The van der Waals surface area contributed by atoms with Gasteiger partial charge >= 0.3 is 0 Å². The highest BCUT2D eigenvalue weighted by atomic mass is 16.7. The van der Waals surface area contributed by atoms with E-state index in [1.165, 1.54) is 0 Å². The lowest BCUT2D eigenvalue weighted by atomic mass is 10.2. The van der Waals surface area contributed by atoms with E-state index in [1.54, 1.807) is 36.5 Å². The molecule has 0 saturated heterocycles. The van der Waals surface area contributed by atoms with Gasteiger partial charge in [-0.15, -0.1) is 0 Å². The smallest absolute Gasteiger partial charge is 0.257 e. The molecule has 0 radical (unpaired) electrons. The Morgan fingerprint density at radius 1 is 1.24 bits per heavy atom. The highest BCUT2D eigenvalue weighted by molar-refractivity contribution is 6.04. The van der Waals surface area contributed by atoms with Crippen molar-refractivity contribution in [3.8, 4) is 11.5 Å². The first kappa shape index (κ1) is 13.2. The van der Waals surface area contributed by atoms with Gasteiger partial charge in [0.2, 0.25) is 6.79 Å². The number of fused-ring (bicyclic) bond motifs is 1. The number of amides is 1. The van der Waals surface area contributed by atoms with Gasteiger partial charge in [-0.2, -0.15) is 0 Å². The van der Waals surface area contributed by atoms with Crippen molar-refractivity contribution in [3.63, 3.8) is 0 Å². The van der Waals surface area contributed by atoms with E-state index in [-0.39, 0.29) is 12.7 Å². The third kappa shape index (κ3) is 2.89. The first-order valence-electron chi connectivity index (χ1n) is 6.67. The van der Waals surface area contributed by atoms with E-state index < -0.39 is 0 Å². The molecule has 1 amide bonds. The molecule has 1 aromatic carbocycles. The summed E-state index contributed by atoms with van der Waals surface area (Å²) >= 11 is 0. The molecule has 1 aliphatic rings. The summed E-state index contributed by atoms with van der Waals surface area (Å²) in [4.78, 5) is 16.3. The molecule has 108 valence electrons. The number of hydrogen-bond donors (Lipinski definition) is 2. The van der Waals surface area contributed by atoms with E-state index in [9.17, 15) is 4.79 Å². The molecular weight excluding hydrogens is 270 g/mol. The van der Waals surface area contributed by atoms with Gasteiger partial charge in [0.1, 0.15) is 5.82 Å². The number of anilines is 2. The zero-order valence-corrected chi connectivity index (χ0v) is 11.6. The average Bonchev–Trinajstić information content (AvgIpc) is 2.96. The maximum atomic E-state index is 12.1. The van der Waals surface area contributed by atoms with Crippen LogP contribution < -0.4 is 20.1 Å².